The Morgan fingerprint density at radius 2 is 2.18 bits per heavy atom. The second kappa shape index (κ2) is 5.91. The highest BCUT2D eigenvalue weighted by molar-refractivity contribution is 9.10. The molecule has 0 radical (unpaired) electrons. The molecule has 0 aliphatic rings. The number of nitrogens with zero attached hydrogens (tertiary/aromatic N) is 1. The minimum Gasteiger partial charge on any atom is -0.483 e. The number of benzene rings is 1. The summed E-state index contributed by atoms with van der Waals surface area (Å²) in [6.45, 7) is 3.92. The Kier molecular flexibility index (Phi) is 4.81. The van der Waals surface area contributed by atoms with Crippen molar-refractivity contribution >= 4 is 27.5 Å². The summed E-state index contributed by atoms with van der Waals surface area (Å²) in [7, 11) is 1.75. The molecule has 0 spiro atoms. The Morgan fingerprint density at radius 1 is 1.53 bits per heavy atom. The van der Waals surface area contributed by atoms with Gasteiger partial charge in [0.05, 0.1) is 4.47 Å². The number of rotatable bonds is 4. The molecule has 0 aliphatic carbocycles. The normalized spacial score (nSPS) is 10.4. The summed E-state index contributed by atoms with van der Waals surface area (Å²) in [4.78, 5) is 13.3. The maximum Gasteiger partial charge on any atom is 0.260 e. The number of nitrogen functional groups attached to an aromatic ring is 1. The van der Waals surface area contributed by atoms with Crippen LogP contribution in [0.25, 0.3) is 0 Å². The first-order valence-electron chi connectivity index (χ1n) is 5.35. The lowest BCUT2D eigenvalue weighted by molar-refractivity contribution is -0.133. The van der Waals surface area contributed by atoms with Crippen LogP contribution in [0, 0.1) is 0 Å². The van der Waals surface area contributed by atoms with E-state index >= 15 is 0 Å². The molecule has 4 nitrogen and oxygen atoms in total. The molecule has 0 aromatic heterocycles. The van der Waals surface area contributed by atoms with E-state index in [0.717, 1.165) is 4.47 Å². The van der Waals surface area contributed by atoms with E-state index in [1.165, 1.54) is 0 Å². The first-order chi connectivity index (χ1) is 7.91. The zero-order valence-electron chi connectivity index (χ0n) is 10.2. The average molecular weight is 301 g/mol. The summed E-state index contributed by atoms with van der Waals surface area (Å²) < 4.78 is 6.22. The first-order valence-corrected chi connectivity index (χ1v) is 6.14. The molecule has 0 heterocycles. The van der Waals surface area contributed by atoms with E-state index < -0.39 is 0 Å². The fourth-order valence-corrected chi connectivity index (χ4v) is 1.52. The van der Waals surface area contributed by atoms with Gasteiger partial charge in [-0.3, -0.25) is 4.79 Å². The second-order valence-electron chi connectivity index (χ2n) is 4.08. The van der Waals surface area contributed by atoms with Crippen LogP contribution >= 0.6 is 15.9 Å². The van der Waals surface area contributed by atoms with Crippen LogP contribution in [0.15, 0.2) is 22.7 Å². The Morgan fingerprint density at radius 3 is 2.76 bits per heavy atom. The lowest BCUT2D eigenvalue weighted by atomic mass is 10.3. The van der Waals surface area contributed by atoms with Crippen molar-refractivity contribution in [2.75, 3.05) is 19.4 Å². The Hall–Kier alpha value is -1.23. The van der Waals surface area contributed by atoms with Gasteiger partial charge < -0.3 is 15.4 Å². The maximum atomic E-state index is 11.7. The van der Waals surface area contributed by atoms with Gasteiger partial charge in [-0.05, 0) is 41.9 Å². The molecule has 1 aromatic rings. The molecule has 0 saturated carbocycles. The zero-order chi connectivity index (χ0) is 13.0. The lowest BCUT2D eigenvalue weighted by Crippen LogP contribution is -2.36. The summed E-state index contributed by atoms with van der Waals surface area (Å²) in [5.41, 5.74) is 6.25. The zero-order valence-corrected chi connectivity index (χ0v) is 11.8. The third-order valence-corrected chi connectivity index (χ3v) is 3.13. The number of hydrogen-bond donors (Lipinski definition) is 1. The van der Waals surface area contributed by atoms with Crippen LogP contribution in [0.5, 0.6) is 5.75 Å². The second-order valence-corrected chi connectivity index (χ2v) is 4.93. The number of likely N-dealkylation sites (N-methyl/N-ethyl adjacent to an activating group) is 1. The summed E-state index contributed by atoms with van der Waals surface area (Å²) in [5.74, 6) is 0.518. The molecule has 2 N–H and O–H groups in total. The molecular formula is C12H17BrN2O2. The predicted molar refractivity (Wildman–Crippen MR) is 72.0 cm³/mol. The third-order valence-electron chi connectivity index (χ3n) is 2.47. The molecule has 17 heavy (non-hydrogen) atoms. The quantitative estimate of drug-likeness (QED) is 0.868. The van der Waals surface area contributed by atoms with Crippen molar-refractivity contribution in [1.82, 2.24) is 4.90 Å². The Labute approximate surface area is 110 Å². The van der Waals surface area contributed by atoms with Crippen molar-refractivity contribution in [2.45, 2.75) is 19.9 Å². The Bertz CT molecular complexity index is 407. The lowest BCUT2D eigenvalue weighted by Gasteiger charge is -2.21. The van der Waals surface area contributed by atoms with Crippen LogP contribution in [-0.2, 0) is 4.79 Å². The number of hydrogen-bond acceptors (Lipinski definition) is 3. The molecule has 0 saturated heterocycles. The predicted octanol–water partition coefficient (Wildman–Crippen LogP) is 2.28. The fourth-order valence-electron chi connectivity index (χ4n) is 1.16. The number of carbonyl (C=O) groups is 1. The highest BCUT2D eigenvalue weighted by Gasteiger charge is 2.13. The number of ether oxygens (including phenoxy) is 1. The summed E-state index contributed by atoms with van der Waals surface area (Å²) in [5, 5.41) is 0. The van der Waals surface area contributed by atoms with Gasteiger partial charge in [-0.25, -0.2) is 0 Å². The Balaban J connectivity index is 2.61. The van der Waals surface area contributed by atoms with E-state index in [1.54, 1.807) is 30.1 Å². The van der Waals surface area contributed by atoms with E-state index in [0.29, 0.717) is 11.4 Å². The third kappa shape index (κ3) is 3.93. The first kappa shape index (κ1) is 13.8. The molecule has 0 fully saturated rings. The van der Waals surface area contributed by atoms with Crippen molar-refractivity contribution in [3.05, 3.63) is 22.7 Å². The number of halogens is 1. The fraction of sp³-hybridized carbons (Fsp3) is 0.417. The molecule has 5 heteroatoms. The molecule has 0 unspecified atom stereocenters. The van der Waals surface area contributed by atoms with Gasteiger partial charge in [-0.1, -0.05) is 0 Å². The number of carbonyl (C=O) groups excluding carboxylic acids is 1. The minimum atomic E-state index is -0.0608. The van der Waals surface area contributed by atoms with Crippen LogP contribution in [0.1, 0.15) is 13.8 Å². The summed E-state index contributed by atoms with van der Waals surface area (Å²) >= 11 is 3.34. The maximum absolute atomic E-state index is 11.7. The summed E-state index contributed by atoms with van der Waals surface area (Å²) in [6.07, 6.45) is 0. The minimum absolute atomic E-state index is 0.0106. The molecule has 0 aliphatic heterocycles. The highest BCUT2D eigenvalue weighted by atomic mass is 79.9. The van der Waals surface area contributed by atoms with E-state index in [2.05, 4.69) is 15.9 Å². The van der Waals surface area contributed by atoms with Gasteiger partial charge in [0.2, 0.25) is 0 Å². The van der Waals surface area contributed by atoms with Crippen LogP contribution in [-0.4, -0.2) is 30.5 Å². The highest BCUT2D eigenvalue weighted by Crippen LogP contribution is 2.26. The van der Waals surface area contributed by atoms with Gasteiger partial charge in [-0.2, -0.15) is 0 Å². The monoisotopic (exact) mass is 300 g/mol. The van der Waals surface area contributed by atoms with E-state index in [1.807, 2.05) is 13.8 Å². The van der Waals surface area contributed by atoms with Gasteiger partial charge in [0.15, 0.2) is 6.61 Å². The van der Waals surface area contributed by atoms with Gasteiger partial charge in [0.1, 0.15) is 5.75 Å². The van der Waals surface area contributed by atoms with Crippen molar-refractivity contribution in [2.24, 2.45) is 0 Å². The van der Waals surface area contributed by atoms with Crippen LogP contribution in [0.3, 0.4) is 0 Å². The SMILES string of the molecule is CC(C)N(C)C(=O)COc1cc(N)ccc1Br. The van der Waals surface area contributed by atoms with Gasteiger partial charge in [0, 0.05) is 24.8 Å². The van der Waals surface area contributed by atoms with Crippen LogP contribution in [0.4, 0.5) is 5.69 Å². The van der Waals surface area contributed by atoms with Crippen molar-refractivity contribution < 1.29 is 9.53 Å². The van der Waals surface area contributed by atoms with Crippen LogP contribution < -0.4 is 10.5 Å². The summed E-state index contributed by atoms with van der Waals surface area (Å²) in [6, 6.07) is 5.41. The van der Waals surface area contributed by atoms with Gasteiger partial charge in [-0.15, -0.1) is 0 Å². The number of anilines is 1. The van der Waals surface area contributed by atoms with Crippen LogP contribution in [0.2, 0.25) is 0 Å². The van der Waals surface area contributed by atoms with E-state index in [4.69, 9.17) is 10.5 Å². The van der Waals surface area contributed by atoms with Crippen molar-refractivity contribution in [1.29, 1.82) is 0 Å². The van der Waals surface area contributed by atoms with Crippen molar-refractivity contribution in [3.8, 4) is 5.75 Å². The number of amides is 1. The standard InChI is InChI=1S/C12H17BrN2O2/c1-8(2)15(3)12(16)7-17-11-6-9(14)4-5-10(11)13/h4-6,8H,7,14H2,1-3H3. The molecule has 1 amide bonds. The molecule has 1 aromatic carbocycles. The molecule has 0 atom stereocenters. The van der Waals surface area contributed by atoms with E-state index in [9.17, 15) is 4.79 Å². The largest absolute Gasteiger partial charge is 0.483 e. The molecule has 0 bridgehead atoms. The van der Waals surface area contributed by atoms with E-state index in [-0.39, 0.29) is 18.6 Å². The van der Waals surface area contributed by atoms with Gasteiger partial charge >= 0.3 is 0 Å². The molecule has 1 rings (SSSR count). The smallest absolute Gasteiger partial charge is 0.260 e. The van der Waals surface area contributed by atoms with Crippen molar-refractivity contribution in [3.63, 3.8) is 0 Å². The van der Waals surface area contributed by atoms with Gasteiger partial charge in [0.25, 0.3) is 5.91 Å². The molecular weight excluding hydrogens is 284 g/mol. The number of nitrogens with two attached hydrogens (primary N) is 1. The average Bonchev–Trinajstić information content (AvgIpc) is 2.28. The topological polar surface area (TPSA) is 55.6 Å². The molecule has 94 valence electrons.